The molecule has 1 heterocycles. The average molecular weight is 268 g/mol. The van der Waals surface area contributed by atoms with Crippen LogP contribution in [-0.2, 0) is 11.2 Å². The van der Waals surface area contributed by atoms with Crippen molar-refractivity contribution in [3.63, 3.8) is 0 Å². The lowest BCUT2D eigenvalue weighted by atomic mass is 10.1. The molecule has 6 nitrogen and oxygen atoms in total. The Kier molecular flexibility index (Phi) is 5.50. The molecule has 0 radical (unpaired) electrons. The number of nitrogens with one attached hydrogen (secondary N) is 1. The molecule has 0 amide bonds. The molecule has 1 aromatic heterocycles. The van der Waals surface area contributed by atoms with Gasteiger partial charge in [-0.05, 0) is 20.8 Å². The van der Waals surface area contributed by atoms with Crippen molar-refractivity contribution in [3.05, 3.63) is 11.4 Å². The quantitative estimate of drug-likeness (QED) is 0.580. The normalized spacial score (nSPS) is 11.5. The van der Waals surface area contributed by atoms with Gasteiger partial charge in [-0.2, -0.15) is 4.98 Å². The van der Waals surface area contributed by atoms with E-state index in [1.165, 1.54) is 0 Å². The number of ether oxygens (including phenoxy) is 2. The van der Waals surface area contributed by atoms with Gasteiger partial charge in [-0.25, -0.2) is 10.8 Å². The Morgan fingerprint density at radius 2 is 2.00 bits per heavy atom. The van der Waals surface area contributed by atoms with Gasteiger partial charge in [-0.1, -0.05) is 6.92 Å². The number of hydrogen-bond acceptors (Lipinski definition) is 6. The van der Waals surface area contributed by atoms with E-state index in [2.05, 4.69) is 15.4 Å². The smallest absolute Gasteiger partial charge is 0.221 e. The Morgan fingerprint density at radius 1 is 1.32 bits per heavy atom. The summed E-state index contributed by atoms with van der Waals surface area (Å²) >= 11 is 0. The molecule has 0 unspecified atom stereocenters. The molecule has 0 aliphatic rings. The fourth-order valence-corrected chi connectivity index (χ4v) is 1.47. The van der Waals surface area contributed by atoms with E-state index in [1.54, 1.807) is 7.11 Å². The SMILES string of the molecule is CCc1nc(NN)c(C)c(OCCC(C)(C)OC)n1. The van der Waals surface area contributed by atoms with Crippen LogP contribution in [0, 0.1) is 6.92 Å². The number of aryl methyl sites for hydroxylation is 1. The molecular formula is C13H24N4O2. The van der Waals surface area contributed by atoms with E-state index < -0.39 is 0 Å². The summed E-state index contributed by atoms with van der Waals surface area (Å²) in [5.41, 5.74) is 3.18. The summed E-state index contributed by atoms with van der Waals surface area (Å²) in [5.74, 6) is 7.33. The molecule has 0 saturated carbocycles. The van der Waals surface area contributed by atoms with Crippen molar-refractivity contribution in [1.29, 1.82) is 0 Å². The highest BCUT2D eigenvalue weighted by atomic mass is 16.5. The Hall–Kier alpha value is -1.40. The number of nitrogens with zero attached hydrogens (tertiary/aromatic N) is 2. The summed E-state index contributed by atoms with van der Waals surface area (Å²) in [4.78, 5) is 8.67. The number of methoxy groups -OCH3 is 1. The average Bonchev–Trinajstić information content (AvgIpc) is 2.40. The van der Waals surface area contributed by atoms with Gasteiger partial charge >= 0.3 is 0 Å². The van der Waals surface area contributed by atoms with Gasteiger partial charge in [-0.3, -0.25) is 0 Å². The molecule has 0 fully saturated rings. The molecule has 0 aromatic carbocycles. The summed E-state index contributed by atoms with van der Waals surface area (Å²) in [6, 6.07) is 0. The van der Waals surface area contributed by atoms with Crippen LogP contribution in [-0.4, -0.2) is 29.3 Å². The highest BCUT2D eigenvalue weighted by molar-refractivity contribution is 5.47. The van der Waals surface area contributed by atoms with Gasteiger partial charge in [0.15, 0.2) is 0 Å². The van der Waals surface area contributed by atoms with Gasteiger partial charge in [0.2, 0.25) is 5.88 Å². The Bertz CT molecular complexity index is 421. The fraction of sp³-hybridized carbons (Fsp3) is 0.692. The Morgan fingerprint density at radius 3 is 2.53 bits per heavy atom. The first-order valence-corrected chi connectivity index (χ1v) is 6.45. The highest BCUT2D eigenvalue weighted by Crippen LogP contribution is 2.22. The second-order valence-electron chi connectivity index (χ2n) is 4.98. The molecule has 19 heavy (non-hydrogen) atoms. The number of aromatic nitrogens is 2. The van der Waals surface area contributed by atoms with Crippen molar-refractivity contribution in [1.82, 2.24) is 9.97 Å². The zero-order valence-corrected chi connectivity index (χ0v) is 12.4. The summed E-state index contributed by atoms with van der Waals surface area (Å²) in [6.07, 6.45) is 1.51. The van der Waals surface area contributed by atoms with E-state index in [1.807, 2.05) is 27.7 Å². The minimum absolute atomic E-state index is 0.205. The number of hydrazine groups is 1. The molecule has 0 spiro atoms. The molecule has 3 N–H and O–H groups in total. The number of rotatable bonds is 7. The van der Waals surface area contributed by atoms with Crippen molar-refractivity contribution in [2.45, 2.75) is 46.1 Å². The lowest BCUT2D eigenvalue weighted by Gasteiger charge is -2.22. The van der Waals surface area contributed by atoms with Gasteiger partial charge in [-0.15, -0.1) is 0 Å². The standard InChI is InChI=1S/C13H24N4O2/c1-6-10-15-11(17-14)9(2)12(16-10)19-8-7-13(3,4)18-5/h6-8,14H2,1-5H3,(H,15,16,17). The van der Waals surface area contributed by atoms with Crippen molar-refractivity contribution < 1.29 is 9.47 Å². The third-order valence-corrected chi connectivity index (χ3v) is 3.10. The maximum Gasteiger partial charge on any atom is 0.221 e. The van der Waals surface area contributed by atoms with E-state index in [-0.39, 0.29) is 5.60 Å². The molecule has 1 aromatic rings. The van der Waals surface area contributed by atoms with E-state index in [0.717, 1.165) is 18.4 Å². The third-order valence-electron chi connectivity index (χ3n) is 3.10. The third kappa shape index (κ3) is 4.33. The van der Waals surface area contributed by atoms with Crippen LogP contribution >= 0.6 is 0 Å². The molecule has 0 bridgehead atoms. The maximum atomic E-state index is 5.73. The van der Waals surface area contributed by atoms with Crippen molar-refractivity contribution >= 4 is 5.82 Å². The predicted octanol–water partition coefficient (Wildman–Crippen LogP) is 1.83. The first-order chi connectivity index (χ1) is 8.93. The minimum atomic E-state index is -0.205. The fourth-order valence-electron chi connectivity index (χ4n) is 1.47. The number of nitrogen functional groups attached to an aromatic ring is 1. The second-order valence-corrected chi connectivity index (χ2v) is 4.98. The van der Waals surface area contributed by atoms with Crippen LogP contribution in [0.25, 0.3) is 0 Å². The van der Waals surface area contributed by atoms with Crippen LogP contribution in [0.4, 0.5) is 5.82 Å². The molecule has 108 valence electrons. The lowest BCUT2D eigenvalue weighted by Crippen LogP contribution is -2.25. The molecule has 0 atom stereocenters. The second kappa shape index (κ2) is 6.68. The zero-order chi connectivity index (χ0) is 14.5. The van der Waals surface area contributed by atoms with Crippen molar-refractivity contribution in [2.24, 2.45) is 5.84 Å². The van der Waals surface area contributed by atoms with Crippen LogP contribution in [0.5, 0.6) is 5.88 Å². The summed E-state index contributed by atoms with van der Waals surface area (Å²) < 4.78 is 11.1. The summed E-state index contributed by atoms with van der Waals surface area (Å²) in [7, 11) is 1.70. The Balaban J connectivity index is 2.77. The molecule has 1 rings (SSSR count). The van der Waals surface area contributed by atoms with Crippen molar-refractivity contribution in [3.8, 4) is 5.88 Å². The highest BCUT2D eigenvalue weighted by Gasteiger charge is 2.17. The van der Waals surface area contributed by atoms with Gasteiger partial charge in [0.1, 0.15) is 11.6 Å². The van der Waals surface area contributed by atoms with Crippen molar-refractivity contribution in [2.75, 3.05) is 19.1 Å². The Labute approximate surface area is 114 Å². The van der Waals surface area contributed by atoms with Crippen LogP contribution < -0.4 is 16.0 Å². The molecule has 0 aliphatic heterocycles. The molecule has 6 heteroatoms. The van der Waals surface area contributed by atoms with Crippen LogP contribution in [0.3, 0.4) is 0 Å². The van der Waals surface area contributed by atoms with Crippen LogP contribution in [0.2, 0.25) is 0 Å². The topological polar surface area (TPSA) is 82.3 Å². The maximum absolute atomic E-state index is 5.73. The predicted molar refractivity (Wildman–Crippen MR) is 75.2 cm³/mol. The summed E-state index contributed by atoms with van der Waals surface area (Å²) in [6.45, 7) is 8.45. The van der Waals surface area contributed by atoms with Crippen LogP contribution in [0.15, 0.2) is 0 Å². The van der Waals surface area contributed by atoms with E-state index in [4.69, 9.17) is 15.3 Å². The van der Waals surface area contributed by atoms with E-state index in [0.29, 0.717) is 24.1 Å². The summed E-state index contributed by atoms with van der Waals surface area (Å²) in [5, 5.41) is 0. The van der Waals surface area contributed by atoms with Gasteiger partial charge in [0, 0.05) is 20.0 Å². The number of hydrogen-bond donors (Lipinski definition) is 2. The largest absolute Gasteiger partial charge is 0.477 e. The van der Waals surface area contributed by atoms with E-state index >= 15 is 0 Å². The van der Waals surface area contributed by atoms with Gasteiger partial charge < -0.3 is 14.9 Å². The molecule has 0 saturated heterocycles. The van der Waals surface area contributed by atoms with E-state index in [9.17, 15) is 0 Å². The van der Waals surface area contributed by atoms with Crippen LogP contribution in [0.1, 0.15) is 38.6 Å². The monoisotopic (exact) mass is 268 g/mol. The first-order valence-electron chi connectivity index (χ1n) is 6.45. The van der Waals surface area contributed by atoms with Gasteiger partial charge in [0.25, 0.3) is 0 Å². The minimum Gasteiger partial charge on any atom is -0.477 e. The first kappa shape index (κ1) is 15.7. The zero-order valence-electron chi connectivity index (χ0n) is 12.4. The molecule has 0 aliphatic carbocycles. The number of nitrogens with two attached hydrogens (primary N) is 1. The van der Waals surface area contributed by atoms with Gasteiger partial charge in [0.05, 0.1) is 17.8 Å². The lowest BCUT2D eigenvalue weighted by molar-refractivity contribution is 0.00500. The number of anilines is 1. The molecular weight excluding hydrogens is 244 g/mol.